The van der Waals surface area contributed by atoms with Gasteiger partial charge in [0.15, 0.2) is 0 Å². The second-order valence-electron chi connectivity index (χ2n) is 4.47. The fraction of sp³-hybridized carbons (Fsp3) is 0.400. The van der Waals surface area contributed by atoms with Gasteiger partial charge in [-0.2, -0.15) is 0 Å². The molecule has 0 aliphatic heterocycles. The first-order valence-corrected chi connectivity index (χ1v) is 6.65. The predicted octanol–water partition coefficient (Wildman–Crippen LogP) is 2.76. The predicted molar refractivity (Wildman–Crippen MR) is 76.1 cm³/mol. The summed E-state index contributed by atoms with van der Waals surface area (Å²) >= 11 is 0. The molecular weight excluding hydrogens is 238 g/mol. The second-order valence-corrected chi connectivity index (χ2v) is 4.47. The zero-order valence-electron chi connectivity index (χ0n) is 11.8. The van der Waals surface area contributed by atoms with Crippen LogP contribution in [0.4, 0.5) is 0 Å². The van der Waals surface area contributed by atoms with Gasteiger partial charge in [-0.3, -0.25) is 0 Å². The van der Waals surface area contributed by atoms with Crippen molar-refractivity contribution in [2.75, 3.05) is 7.05 Å². The summed E-state index contributed by atoms with van der Waals surface area (Å²) in [5, 5.41) is 3.24. The number of hydrogen-bond acceptors (Lipinski definition) is 3. The fourth-order valence-corrected chi connectivity index (χ4v) is 2.04. The van der Waals surface area contributed by atoms with E-state index in [1.54, 1.807) is 0 Å². The molecule has 1 atom stereocenters. The number of aromatic nitrogens is 2. The Bertz CT molecular complexity index is 522. The summed E-state index contributed by atoms with van der Waals surface area (Å²) in [6.07, 6.45) is 3.78. The molecule has 0 aliphatic rings. The molecule has 1 aromatic heterocycles. The second kappa shape index (κ2) is 6.38. The van der Waals surface area contributed by atoms with Gasteiger partial charge in [0.05, 0.1) is 0 Å². The highest BCUT2D eigenvalue weighted by Gasteiger charge is 2.10. The van der Waals surface area contributed by atoms with Gasteiger partial charge in [-0.15, -0.1) is 0 Å². The number of rotatable bonds is 6. The lowest BCUT2D eigenvalue weighted by Crippen LogP contribution is -2.14. The number of nitrogens with one attached hydrogen (secondary N) is 1. The highest BCUT2D eigenvalue weighted by Crippen LogP contribution is 2.25. The molecular formula is C15H21N3O. The van der Waals surface area contributed by atoms with Crippen molar-refractivity contribution < 1.29 is 4.74 Å². The lowest BCUT2D eigenvalue weighted by molar-refractivity contribution is 0.284. The van der Waals surface area contributed by atoms with Crippen LogP contribution >= 0.6 is 0 Å². The molecule has 0 bridgehead atoms. The molecule has 19 heavy (non-hydrogen) atoms. The zero-order chi connectivity index (χ0) is 13.7. The maximum Gasteiger partial charge on any atom is 0.146 e. The Balaban J connectivity index is 2.11. The molecule has 0 spiro atoms. The largest absolute Gasteiger partial charge is 0.485 e. The van der Waals surface area contributed by atoms with Crippen molar-refractivity contribution in [1.29, 1.82) is 0 Å². The van der Waals surface area contributed by atoms with E-state index in [0.717, 1.165) is 18.1 Å². The van der Waals surface area contributed by atoms with Crippen LogP contribution in [0.3, 0.4) is 0 Å². The van der Waals surface area contributed by atoms with Gasteiger partial charge in [0.1, 0.15) is 18.2 Å². The minimum Gasteiger partial charge on any atom is -0.485 e. The van der Waals surface area contributed by atoms with Gasteiger partial charge in [0.2, 0.25) is 0 Å². The Kier molecular flexibility index (Phi) is 4.58. The van der Waals surface area contributed by atoms with E-state index in [2.05, 4.69) is 34.8 Å². The van der Waals surface area contributed by atoms with Crippen molar-refractivity contribution in [3.05, 3.63) is 48.0 Å². The third-order valence-corrected chi connectivity index (χ3v) is 3.32. The van der Waals surface area contributed by atoms with Crippen molar-refractivity contribution in [1.82, 2.24) is 14.9 Å². The Hall–Kier alpha value is -1.81. The number of para-hydroxylation sites is 1. The number of aryl methyl sites for hydroxylation is 1. The first kappa shape index (κ1) is 13.6. The molecule has 4 nitrogen and oxygen atoms in total. The van der Waals surface area contributed by atoms with Crippen molar-refractivity contribution >= 4 is 0 Å². The average Bonchev–Trinajstić information content (AvgIpc) is 2.92. The minimum absolute atomic E-state index is 0.266. The molecule has 0 saturated carbocycles. The maximum absolute atomic E-state index is 5.92. The van der Waals surface area contributed by atoms with Crippen molar-refractivity contribution in [3.8, 4) is 5.75 Å². The summed E-state index contributed by atoms with van der Waals surface area (Å²) in [5.74, 6) is 1.87. The SMILES string of the molecule is CCn1ccnc1COc1ccccc1C(C)NC. The average molecular weight is 259 g/mol. The van der Waals surface area contributed by atoms with Crippen molar-refractivity contribution in [3.63, 3.8) is 0 Å². The molecule has 0 aliphatic carbocycles. The molecule has 1 aromatic carbocycles. The van der Waals surface area contributed by atoms with Crippen LogP contribution in [-0.4, -0.2) is 16.6 Å². The van der Waals surface area contributed by atoms with Crippen LogP contribution in [0.2, 0.25) is 0 Å². The van der Waals surface area contributed by atoms with Crippen LogP contribution in [-0.2, 0) is 13.2 Å². The Morgan fingerprint density at radius 2 is 2.16 bits per heavy atom. The van der Waals surface area contributed by atoms with Crippen LogP contribution in [0.1, 0.15) is 31.3 Å². The number of imidazole rings is 1. The van der Waals surface area contributed by atoms with Gasteiger partial charge in [-0.25, -0.2) is 4.98 Å². The quantitative estimate of drug-likeness (QED) is 0.867. The van der Waals surface area contributed by atoms with Crippen LogP contribution in [0.15, 0.2) is 36.7 Å². The van der Waals surface area contributed by atoms with Crippen molar-refractivity contribution in [2.24, 2.45) is 0 Å². The smallest absolute Gasteiger partial charge is 0.146 e. The lowest BCUT2D eigenvalue weighted by atomic mass is 10.1. The Morgan fingerprint density at radius 1 is 1.37 bits per heavy atom. The summed E-state index contributed by atoms with van der Waals surface area (Å²) in [5.41, 5.74) is 1.17. The van der Waals surface area contributed by atoms with E-state index in [4.69, 9.17) is 4.74 Å². The first-order chi connectivity index (χ1) is 9.26. The topological polar surface area (TPSA) is 39.1 Å². The van der Waals surface area contributed by atoms with Crippen LogP contribution in [0.25, 0.3) is 0 Å². The van der Waals surface area contributed by atoms with E-state index in [0.29, 0.717) is 6.61 Å². The summed E-state index contributed by atoms with van der Waals surface area (Å²) in [6, 6.07) is 8.38. The third kappa shape index (κ3) is 3.15. The molecule has 0 amide bonds. The highest BCUT2D eigenvalue weighted by atomic mass is 16.5. The number of ether oxygens (including phenoxy) is 1. The number of nitrogens with zero attached hydrogens (tertiary/aromatic N) is 2. The zero-order valence-corrected chi connectivity index (χ0v) is 11.8. The van der Waals surface area contributed by atoms with E-state index in [-0.39, 0.29) is 6.04 Å². The molecule has 1 heterocycles. The van der Waals surface area contributed by atoms with Gasteiger partial charge in [0, 0.05) is 30.5 Å². The van der Waals surface area contributed by atoms with E-state index in [1.165, 1.54) is 5.56 Å². The highest BCUT2D eigenvalue weighted by molar-refractivity contribution is 5.35. The first-order valence-electron chi connectivity index (χ1n) is 6.65. The monoisotopic (exact) mass is 259 g/mol. The van der Waals surface area contributed by atoms with Gasteiger partial charge in [-0.05, 0) is 27.0 Å². The van der Waals surface area contributed by atoms with Gasteiger partial charge in [-0.1, -0.05) is 18.2 Å². The van der Waals surface area contributed by atoms with E-state index >= 15 is 0 Å². The molecule has 4 heteroatoms. The lowest BCUT2D eigenvalue weighted by Gasteiger charge is -2.16. The van der Waals surface area contributed by atoms with E-state index in [1.807, 2.05) is 37.6 Å². The summed E-state index contributed by atoms with van der Waals surface area (Å²) in [7, 11) is 1.95. The summed E-state index contributed by atoms with van der Waals surface area (Å²) in [4.78, 5) is 4.32. The fourth-order valence-electron chi connectivity index (χ4n) is 2.04. The summed E-state index contributed by atoms with van der Waals surface area (Å²) < 4.78 is 8.01. The maximum atomic E-state index is 5.92. The third-order valence-electron chi connectivity index (χ3n) is 3.32. The van der Waals surface area contributed by atoms with Crippen LogP contribution in [0.5, 0.6) is 5.75 Å². The van der Waals surface area contributed by atoms with Crippen molar-refractivity contribution in [2.45, 2.75) is 33.0 Å². The number of hydrogen-bond donors (Lipinski definition) is 1. The van der Waals surface area contributed by atoms with E-state index < -0.39 is 0 Å². The molecule has 1 N–H and O–H groups in total. The Morgan fingerprint density at radius 3 is 2.89 bits per heavy atom. The molecule has 1 unspecified atom stereocenters. The Labute approximate surface area is 114 Å². The molecule has 0 fully saturated rings. The summed E-state index contributed by atoms with van der Waals surface area (Å²) in [6.45, 7) is 5.62. The van der Waals surface area contributed by atoms with Gasteiger partial charge < -0.3 is 14.6 Å². The number of benzene rings is 1. The van der Waals surface area contributed by atoms with Gasteiger partial charge in [0.25, 0.3) is 0 Å². The molecule has 2 rings (SSSR count). The molecule has 0 saturated heterocycles. The van der Waals surface area contributed by atoms with Crippen LogP contribution < -0.4 is 10.1 Å². The van der Waals surface area contributed by atoms with E-state index in [9.17, 15) is 0 Å². The normalized spacial score (nSPS) is 12.4. The van der Waals surface area contributed by atoms with Gasteiger partial charge >= 0.3 is 0 Å². The molecule has 0 radical (unpaired) electrons. The minimum atomic E-state index is 0.266. The van der Waals surface area contributed by atoms with Crippen LogP contribution in [0, 0.1) is 0 Å². The molecule has 2 aromatic rings. The molecule has 102 valence electrons. The standard InChI is InChI=1S/C15H21N3O/c1-4-18-10-9-17-15(18)11-19-14-8-6-5-7-13(14)12(2)16-3/h5-10,12,16H,4,11H2,1-3H3.